The van der Waals surface area contributed by atoms with Gasteiger partial charge in [-0.05, 0) is 61.4 Å². The van der Waals surface area contributed by atoms with Crippen LogP contribution in [-0.2, 0) is 0 Å². The Morgan fingerprint density at radius 1 is 1.20 bits per heavy atom. The summed E-state index contributed by atoms with van der Waals surface area (Å²) in [5.41, 5.74) is 10.5. The molecule has 2 aromatic rings. The van der Waals surface area contributed by atoms with E-state index in [-0.39, 0.29) is 0 Å². The topological polar surface area (TPSA) is 58.9 Å². The highest BCUT2D eigenvalue weighted by molar-refractivity contribution is 6.07. The Balaban J connectivity index is 2.71. The number of fused-ring (bicyclic) bond motifs is 1. The number of benzene rings is 1. The number of hydrogen-bond donors (Lipinski definition) is 2. The molecule has 0 fully saturated rings. The molecule has 0 radical (unpaired) electrons. The first-order valence-corrected chi connectivity index (χ1v) is 9.31. The summed E-state index contributed by atoms with van der Waals surface area (Å²) in [4.78, 5) is 15.3. The summed E-state index contributed by atoms with van der Waals surface area (Å²) in [5.74, 6) is 0.120. The number of rotatable bonds is 8. The zero-order chi connectivity index (χ0) is 18.4. The lowest BCUT2D eigenvalue weighted by Crippen LogP contribution is -2.12. The van der Waals surface area contributed by atoms with Crippen LogP contribution in [0, 0.1) is 0 Å². The first-order chi connectivity index (χ1) is 12.1. The minimum absolute atomic E-state index is 0.390. The van der Waals surface area contributed by atoms with Crippen molar-refractivity contribution in [2.24, 2.45) is 5.73 Å². The maximum atomic E-state index is 12.0. The molecule has 3 nitrogen and oxygen atoms in total. The molecular formula is C22H30N2O. The monoisotopic (exact) mass is 338 g/mol. The number of aromatic amines is 1. The fourth-order valence-corrected chi connectivity index (χ4v) is 3.64. The summed E-state index contributed by atoms with van der Waals surface area (Å²) in [6.45, 7) is 8.46. The van der Waals surface area contributed by atoms with Gasteiger partial charge in [0.15, 0.2) is 0 Å². The zero-order valence-electron chi connectivity index (χ0n) is 15.9. The van der Waals surface area contributed by atoms with Gasteiger partial charge in [-0.3, -0.25) is 4.79 Å². The first-order valence-electron chi connectivity index (χ1n) is 9.31. The molecule has 134 valence electrons. The molecule has 3 N–H and O–H groups in total. The van der Waals surface area contributed by atoms with Crippen LogP contribution in [0.4, 0.5) is 0 Å². The van der Waals surface area contributed by atoms with Gasteiger partial charge in [-0.1, -0.05) is 44.9 Å². The van der Waals surface area contributed by atoms with Crippen LogP contribution in [0.25, 0.3) is 16.5 Å². The van der Waals surface area contributed by atoms with Crippen molar-refractivity contribution in [2.45, 2.75) is 59.3 Å². The third-order valence-corrected chi connectivity index (χ3v) is 4.79. The molecule has 0 atom stereocenters. The first kappa shape index (κ1) is 19.0. The van der Waals surface area contributed by atoms with Gasteiger partial charge in [0.2, 0.25) is 0 Å². The molecular weight excluding hydrogens is 308 g/mol. The second-order valence-electron chi connectivity index (χ2n) is 6.57. The second-order valence-corrected chi connectivity index (χ2v) is 6.57. The molecule has 2 rings (SSSR count). The Hall–Kier alpha value is -2.29. The van der Waals surface area contributed by atoms with Crippen molar-refractivity contribution in [1.82, 2.24) is 4.98 Å². The highest BCUT2D eigenvalue weighted by atomic mass is 16.1. The van der Waals surface area contributed by atoms with Gasteiger partial charge in [0.05, 0.1) is 11.1 Å². The van der Waals surface area contributed by atoms with Gasteiger partial charge in [-0.15, -0.1) is 0 Å². The van der Waals surface area contributed by atoms with Gasteiger partial charge < -0.3 is 10.7 Å². The average molecular weight is 338 g/mol. The van der Waals surface area contributed by atoms with Gasteiger partial charge in [-0.25, -0.2) is 0 Å². The largest absolute Gasteiger partial charge is 0.366 e. The molecule has 1 amide bonds. The number of nitrogens with one attached hydrogen (secondary N) is 1. The van der Waals surface area contributed by atoms with E-state index in [1.165, 1.54) is 5.56 Å². The Morgan fingerprint density at radius 3 is 2.40 bits per heavy atom. The van der Waals surface area contributed by atoms with Crippen molar-refractivity contribution in [1.29, 1.82) is 0 Å². The van der Waals surface area contributed by atoms with Crippen LogP contribution in [0.2, 0.25) is 0 Å². The number of H-pyrrole nitrogens is 1. The quantitative estimate of drug-likeness (QED) is 0.576. The summed E-state index contributed by atoms with van der Waals surface area (Å²) in [6.07, 6.45) is 12.8. The van der Waals surface area contributed by atoms with Crippen LogP contribution in [0.15, 0.2) is 36.6 Å². The summed E-state index contributed by atoms with van der Waals surface area (Å²) < 4.78 is 0. The predicted octanol–water partition coefficient (Wildman–Crippen LogP) is 5.93. The predicted molar refractivity (Wildman–Crippen MR) is 108 cm³/mol. The highest BCUT2D eigenvalue weighted by Crippen LogP contribution is 2.35. The number of aromatic nitrogens is 1. The van der Waals surface area contributed by atoms with E-state index in [4.69, 9.17) is 5.73 Å². The van der Waals surface area contributed by atoms with E-state index in [9.17, 15) is 4.79 Å². The third-order valence-electron chi connectivity index (χ3n) is 4.79. The molecule has 1 aromatic heterocycles. The van der Waals surface area contributed by atoms with Gasteiger partial charge in [0.1, 0.15) is 0 Å². The molecule has 0 saturated heterocycles. The molecule has 0 unspecified atom stereocenters. The molecule has 3 heteroatoms. The summed E-state index contributed by atoms with van der Waals surface area (Å²) >= 11 is 0. The van der Waals surface area contributed by atoms with Crippen LogP contribution >= 0.6 is 0 Å². The molecule has 0 aliphatic rings. The van der Waals surface area contributed by atoms with Crippen molar-refractivity contribution in [2.75, 3.05) is 0 Å². The summed E-state index contributed by atoms with van der Waals surface area (Å²) in [5, 5.41) is 1.13. The standard InChI is InChI=1S/C22H30N2O/c1-5-9-15(8-4)17-12-18-20(16(10-6-2)11-7-3)14-24-21(18)19(13-17)22(23)25/h5,8-9,12-14,16,24H,6-7,10-11H2,1-4H3,(H2,23,25)/b9-5-,15-8+. The van der Waals surface area contributed by atoms with Gasteiger partial charge in [0, 0.05) is 11.6 Å². The number of carbonyl (C=O) groups is 1. The van der Waals surface area contributed by atoms with Crippen LogP contribution in [0.1, 0.15) is 80.8 Å². The maximum Gasteiger partial charge on any atom is 0.250 e. The average Bonchev–Trinajstić information content (AvgIpc) is 3.02. The summed E-state index contributed by atoms with van der Waals surface area (Å²) in [6, 6.07) is 4.09. The van der Waals surface area contributed by atoms with E-state index < -0.39 is 5.91 Å². The Kier molecular flexibility index (Phi) is 6.63. The minimum atomic E-state index is -0.390. The van der Waals surface area contributed by atoms with Crippen molar-refractivity contribution in [3.05, 3.63) is 53.2 Å². The lowest BCUT2D eigenvalue weighted by Gasteiger charge is -2.15. The Labute approximate surface area is 151 Å². The number of primary amides is 1. The molecule has 0 spiro atoms. The maximum absolute atomic E-state index is 12.0. The molecule has 0 aliphatic carbocycles. The number of nitrogens with two attached hydrogens (primary N) is 1. The smallest absolute Gasteiger partial charge is 0.250 e. The van der Waals surface area contributed by atoms with Crippen molar-refractivity contribution < 1.29 is 4.79 Å². The molecule has 25 heavy (non-hydrogen) atoms. The van der Waals surface area contributed by atoms with E-state index >= 15 is 0 Å². The van der Waals surface area contributed by atoms with Crippen molar-refractivity contribution >= 4 is 22.4 Å². The SMILES string of the molecule is C/C=C\C(=C/C)c1cc(C(N)=O)c2[nH]cc(C(CCC)CCC)c2c1. The lowest BCUT2D eigenvalue weighted by atomic mass is 9.88. The fraction of sp³-hybridized carbons (Fsp3) is 0.409. The Morgan fingerprint density at radius 2 is 1.88 bits per heavy atom. The number of allylic oxidation sites excluding steroid dienone is 4. The van der Waals surface area contributed by atoms with Crippen LogP contribution in [0.5, 0.6) is 0 Å². The Bertz CT molecular complexity index is 790. The molecule has 1 heterocycles. The normalized spacial score (nSPS) is 12.6. The minimum Gasteiger partial charge on any atom is -0.366 e. The number of hydrogen-bond acceptors (Lipinski definition) is 1. The van der Waals surface area contributed by atoms with Crippen LogP contribution in [0.3, 0.4) is 0 Å². The second kappa shape index (κ2) is 8.70. The highest BCUT2D eigenvalue weighted by Gasteiger charge is 2.19. The van der Waals surface area contributed by atoms with E-state index in [0.717, 1.165) is 47.7 Å². The van der Waals surface area contributed by atoms with Gasteiger partial charge in [0.25, 0.3) is 5.91 Å². The zero-order valence-corrected chi connectivity index (χ0v) is 15.9. The lowest BCUT2D eigenvalue weighted by molar-refractivity contribution is 0.100. The molecule has 0 aliphatic heterocycles. The summed E-state index contributed by atoms with van der Waals surface area (Å²) in [7, 11) is 0. The number of carbonyl (C=O) groups excluding carboxylic acids is 1. The van der Waals surface area contributed by atoms with Crippen LogP contribution in [-0.4, -0.2) is 10.9 Å². The molecule has 0 bridgehead atoms. The number of amides is 1. The fourth-order valence-electron chi connectivity index (χ4n) is 3.64. The van der Waals surface area contributed by atoms with E-state index in [1.807, 2.05) is 26.0 Å². The molecule has 0 saturated carbocycles. The molecule has 1 aromatic carbocycles. The van der Waals surface area contributed by atoms with Gasteiger partial charge in [-0.2, -0.15) is 0 Å². The van der Waals surface area contributed by atoms with E-state index in [2.05, 4.69) is 43.2 Å². The van der Waals surface area contributed by atoms with Crippen LogP contribution < -0.4 is 5.73 Å². The third kappa shape index (κ3) is 4.04. The van der Waals surface area contributed by atoms with Crippen molar-refractivity contribution in [3.63, 3.8) is 0 Å². The van der Waals surface area contributed by atoms with Gasteiger partial charge >= 0.3 is 0 Å². The van der Waals surface area contributed by atoms with E-state index in [1.54, 1.807) is 0 Å². The van der Waals surface area contributed by atoms with Crippen molar-refractivity contribution in [3.8, 4) is 0 Å². The van der Waals surface area contributed by atoms with E-state index in [0.29, 0.717) is 11.5 Å².